The number of benzene rings is 3. The Bertz CT molecular complexity index is 1160. The lowest BCUT2D eigenvalue weighted by molar-refractivity contribution is -0.385. The smallest absolute Gasteiger partial charge is 0.273 e. The van der Waals surface area contributed by atoms with Crippen LogP contribution in [0.15, 0.2) is 60.7 Å². The van der Waals surface area contributed by atoms with Gasteiger partial charge < -0.3 is 10.6 Å². The summed E-state index contributed by atoms with van der Waals surface area (Å²) in [6, 6.07) is 15.3. The summed E-state index contributed by atoms with van der Waals surface area (Å²) in [5.74, 6) is -0.948. The highest BCUT2D eigenvalue weighted by molar-refractivity contribution is 6.37. The molecule has 9 heteroatoms. The van der Waals surface area contributed by atoms with Crippen LogP contribution < -0.4 is 10.6 Å². The van der Waals surface area contributed by atoms with Crippen molar-refractivity contribution in [1.29, 1.82) is 0 Å². The second-order valence-electron chi connectivity index (χ2n) is 6.37. The number of aryl methyl sites for hydroxylation is 1. The van der Waals surface area contributed by atoms with Crippen molar-refractivity contribution < 1.29 is 14.5 Å². The number of carbonyl (C=O) groups excluding carboxylic acids is 2. The zero-order chi connectivity index (χ0) is 21.8. The fourth-order valence-corrected chi connectivity index (χ4v) is 3.19. The summed E-state index contributed by atoms with van der Waals surface area (Å²) in [6.45, 7) is 1.60. The Balaban J connectivity index is 1.75. The highest BCUT2D eigenvalue weighted by Crippen LogP contribution is 2.24. The molecule has 3 aromatic carbocycles. The summed E-state index contributed by atoms with van der Waals surface area (Å²) >= 11 is 11.9. The maximum Gasteiger partial charge on any atom is 0.273 e. The molecule has 0 fully saturated rings. The number of anilines is 2. The Morgan fingerprint density at radius 3 is 2.20 bits per heavy atom. The van der Waals surface area contributed by atoms with Crippen LogP contribution in [0.3, 0.4) is 0 Å². The molecule has 152 valence electrons. The molecule has 2 N–H and O–H groups in total. The van der Waals surface area contributed by atoms with E-state index in [1.807, 2.05) is 0 Å². The standard InChI is InChI=1S/C21H15Cl2N3O4/c1-12-5-6-13(9-19(12)26(29)30)20(27)24-15-3-2-4-16(11-15)25-21(28)17-8-7-14(22)10-18(17)23/h2-11H,1H3,(H,24,27)(H,25,28). The van der Waals surface area contributed by atoms with Gasteiger partial charge in [-0.05, 0) is 49.4 Å². The summed E-state index contributed by atoms with van der Waals surface area (Å²) in [5.41, 5.74) is 1.56. The van der Waals surface area contributed by atoms with Crippen molar-refractivity contribution in [2.24, 2.45) is 0 Å². The molecule has 0 heterocycles. The fraction of sp³-hybridized carbons (Fsp3) is 0.0476. The molecule has 0 radical (unpaired) electrons. The van der Waals surface area contributed by atoms with Crippen LogP contribution in [-0.4, -0.2) is 16.7 Å². The molecule has 2 amide bonds. The van der Waals surface area contributed by atoms with Gasteiger partial charge in [0.1, 0.15) is 0 Å². The van der Waals surface area contributed by atoms with Gasteiger partial charge in [-0.3, -0.25) is 19.7 Å². The van der Waals surface area contributed by atoms with E-state index in [0.29, 0.717) is 22.0 Å². The highest BCUT2D eigenvalue weighted by atomic mass is 35.5. The third-order valence-electron chi connectivity index (χ3n) is 4.22. The number of nitrogens with one attached hydrogen (secondary N) is 2. The number of nitro benzene ring substituents is 1. The first kappa shape index (κ1) is 21.3. The minimum atomic E-state index is -0.538. The number of hydrogen-bond acceptors (Lipinski definition) is 4. The summed E-state index contributed by atoms with van der Waals surface area (Å²) in [6.07, 6.45) is 0. The lowest BCUT2D eigenvalue weighted by atomic mass is 10.1. The Morgan fingerprint density at radius 1 is 0.900 bits per heavy atom. The van der Waals surface area contributed by atoms with Crippen LogP contribution in [-0.2, 0) is 0 Å². The predicted octanol–water partition coefficient (Wildman–Crippen LogP) is 5.71. The Labute approximate surface area is 181 Å². The lowest BCUT2D eigenvalue weighted by Crippen LogP contribution is -2.14. The van der Waals surface area contributed by atoms with Crippen molar-refractivity contribution in [3.05, 3.63) is 97.5 Å². The Hall–Kier alpha value is -3.42. The maximum absolute atomic E-state index is 12.5. The second-order valence-corrected chi connectivity index (χ2v) is 7.22. The van der Waals surface area contributed by atoms with Crippen molar-refractivity contribution in [3.8, 4) is 0 Å². The van der Waals surface area contributed by atoms with Crippen molar-refractivity contribution in [3.63, 3.8) is 0 Å². The van der Waals surface area contributed by atoms with Crippen LogP contribution in [0.4, 0.5) is 17.1 Å². The molecule has 0 aliphatic carbocycles. The molecule has 0 saturated carbocycles. The van der Waals surface area contributed by atoms with Crippen molar-refractivity contribution >= 4 is 52.1 Å². The average molecular weight is 444 g/mol. The molecule has 0 unspecified atom stereocenters. The van der Waals surface area contributed by atoms with Crippen molar-refractivity contribution in [2.45, 2.75) is 6.92 Å². The van der Waals surface area contributed by atoms with E-state index >= 15 is 0 Å². The van der Waals surface area contributed by atoms with E-state index in [4.69, 9.17) is 23.2 Å². The van der Waals surface area contributed by atoms with Crippen LogP contribution in [0.2, 0.25) is 10.0 Å². The number of carbonyl (C=O) groups is 2. The zero-order valence-corrected chi connectivity index (χ0v) is 17.1. The van der Waals surface area contributed by atoms with Gasteiger partial charge in [0.2, 0.25) is 0 Å². The van der Waals surface area contributed by atoms with E-state index in [-0.39, 0.29) is 21.8 Å². The van der Waals surface area contributed by atoms with Gasteiger partial charge in [-0.2, -0.15) is 0 Å². The SMILES string of the molecule is Cc1ccc(C(=O)Nc2cccc(NC(=O)c3ccc(Cl)cc3Cl)c2)cc1[N+](=O)[O-]. The van der Waals surface area contributed by atoms with Crippen LogP contribution in [0.25, 0.3) is 0 Å². The molecule has 30 heavy (non-hydrogen) atoms. The monoisotopic (exact) mass is 443 g/mol. The van der Waals surface area contributed by atoms with Crippen molar-refractivity contribution in [2.75, 3.05) is 10.6 Å². The Kier molecular flexibility index (Phi) is 6.34. The first-order chi connectivity index (χ1) is 14.2. The van der Waals surface area contributed by atoms with Gasteiger partial charge in [0.25, 0.3) is 17.5 Å². The summed E-state index contributed by atoms with van der Waals surface area (Å²) in [4.78, 5) is 35.5. The second kappa shape index (κ2) is 8.94. The fourth-order valence-electron chi connectivity index (χ4n) is 2.70. The third kappa shape index (κ3) is 4.94. The number of nitrogens with zero attached hydrogens (tertiary/aromatic N) is 1. The number of rotatable bonds is 5. The number of nitro groups is 1. The Morgan fingerprint density at radius 2 is 1.57 bits per heavy atom. The number of hydrogen-bond donors (Lipinski definition) is 2. The minimum Gasteiger partial charge on any atom is -0.322 e. The van der Waals surface area contributed by atoms with E-state index < -0.39 is 16.7 Å². The van der Waals surface area contributed by atoms with Crippen LogP contribution >= 0.6 is 23.2 Å². The van der Waals surface area contributed by atoms with Gasteiger partial charge in [0.15, 0.2) is 0 Å². The first-order valence-corrected chi connectivity index (χ1v) is 9.43. The van der Waals surface area contributed by atoms with Gasteiger partial charge in [-0.15, -0.1) is 0 Å². The molecular formula is C21H15Cl2N3O4. The minimum absolute atomic E-state index is 0.136. The van der Waals surface area contributed by atoms with Gasteiger partial charge >= 0.3 is 0 Å². The summed E-state index contributed by atoms with van der Waals surface area (Å²) < 4.78 is 0. The molecular weight excluding hydrogens is 429 g/mol. The van der Waals surface area contributed by atoms with Crippen LogP contribution in [0.1, 0.15) is 26.3 Å². The first-order valence-electron chi connectivity index (χ1n) is 8.67. The average Bonchev–Trinajstić information content (AvgIpc) is 2.68. The molecule has 0 spiro atoms. The largest absolute Gasteiger partial charge is 0.322 e. The molecule has 7 nitrogen and oxygen atoms in total. The predicted molar refractivity (Wildman–Crippen MR) is 117 cm³/mol. The summed E-state index contributed by atoms with van der Waals surface area (Å²) in [5, 5.41) is 17.1. The van der Waals surface area contributed by atoms with Gasteiger partial charge in [-0.25, -0.2) is 0 Å². The van der Waals surface area contributed by atoms with E-state index in [0.717, 1.165) is 0 Å². The van der Waals surface area contributed by atoms with Gasteiger partial charge in [-0.1, -0.05) is 35.3 Å². The van der Waals surface area contributed by atoms with Crippen LogP contribution in [0.5, 0.6) is 0 Å². The molecule has 0 bridgehead atoms. The van der Waals surface area contributed by atoms with E-state index in [1.54, 1.807) is 37.3 Å². The van der Waals surface area contributed by atoms with Crippen molar-refractivity contribution in [1.82, 2.24) is 0 Å². The molecule has 0 atom stereocenters. The third-order valence-corrected chi connectivity index (χ3v) is 4.77. The lowest BCUT2D eigenvalue weighted by Gasteiger charge is -2.10. The van der Waals surface area contributed by atoms with Gasteiger partial charge in [0.05, 0.1) is 15.5 Å². The number of halogens is 2. The summed E-state index contributed by atoms with van der Waals surface area (Å²) in [7, 11) is 0. The molecule has 0 aliphatic rings. The molecule has 0 aromatic heterocycles. The van der Waals surface area contributed by atoms with Gasteiger partial charge in [0, 0.05) is 33.6 Å². The number of amides is 2. The zero-order valence-electron chi connectivity index (χ0n) is 15.6. The molecule has 3 aromatic rings. The molecule has 3 rings (SSSR count). The highest BCUT2D eigenvalue weighted by Gasteiger charge is 2.16. The van der Waals surface area contributed by atoms with E-state index in [2.05, 4.69) is 10.6 Å². The molecule has 0 aliphatic heterocycles. The van der Waals surface area contributed by atoms with Crippen LogP contribution in [0, 0.1) is 17.0 Å². The normalized spacial score (nSPS) is 10.4. The van der Waals surface area contributed by atoms with E-state index in [1.165, 1.54) is 30.3 Å². The topological polar surface area (TPSA) is 101 Å². The van der Waals surface area contributed by atoms with E-state index in [9.17, 15) is 19.7 Å². The maximum atomic E-state index is 12.5. The molecule has 0 saturated heterocycles. The quantitative estimate of drug-likeness (QED) is 0.389.